The van der Waals surface area contributed by atoms with Crippen molar-refractivity contribution in [1.82, 2.24) is 5.32 Å². The number of carbonyl (C=O) groups is 2. The van der Waals surface area contributed by atoms with Gasteiger partial charge in [-0.25, -0.2) is 4.79 Å². The van der Waals surface area contributed by atoms with Crippen molar-refractivity contribution in [3.63, 3.8) is 0 Å². The largest absolute Gasteiger partial charge is 0.497 e. The maximum atomic E-state index is 11.7. The normalized spacial score (nSPS) is 14.7. The van der Waals surface area contributed by atoms with Crippen LogP contribution in [-0.4, -0.2) is 42.6 Å². The number of methoxy groups -OCH3 is 2. The highest BCUT2D eigenvalue weighted by Gasteiger charge is 2.31. The Morgan fingerprint density at radius 3 is 2.24 bits per heavy atom. The topological polar surface area (TPSA) is 84.9 Å². The van der Waals surface area contributed by atoms with Crippen LogP contribution in [0.5, 0.6) is 5.75 Å². The molecule has 0 heterocycles. The van der Waals surface area contributed by atoms with E-state index in [2.05, 4.69) is 10.1 Å². The third-order valence-electron chi connectivity index (χ3n) is 2.89. The SMILES string of the molecule is COC(=O)C(NC(=O)C(C)Cl)C(O)c1ccc(OC)cc1. The van der Waals surface area contributed by atoms with Crippen LogP contribution in [0, 0.1) is 0 Å². The first-order valence-electron chi connectivity index (χ1n) is 6.25. The second-order valence-corrected chi connectivity index (χ2v) is 5.00. The molecule has 1 rings (SSSR count). The molecule has 0 fully saturated rings. The summed E-state index contributed by atoms with van der Waals surface area (Å²) in [5.74, 6) is -0.720. The van der Waals surface area contributed by atoms with Gasteiger partial charge in [0.2, 0.25) is 5.91 Å². The molecule has 0 aliphatic rings. The standard InChI is InChI=1S/C14H18ClNO5/c1-8(15)13(18)16-11(14(19)21-3)12(17)9-4-6-10(20-2)7-5-9/h4-8,11-12,17H,1-3H3,(H,16,18). The predicted molar refractivity (Wildman–Crippen MR) is 77.2 cm³/mol. The molecule has 0 saturated heterocycles. The lowest BCUT2D eigenvalue weighted by Gasteiger charge is -2.23. The lowest BCUT2D eigenvalue weighted by atomic mass is 10.0. The van der Waals surface area contributed by atoms with E-state index in [1.165, 1.54) is 21.1 Å². The van der Waals surface area contributed by atoms with Gasteiger partial charge in [-0.1, -0.05) is 12.1 Å². The van der Waals surface area contributed by atoms with Gasteiger partial charge in [-0.15, -0.1) is 11.6 Å². The number of alkyl halides is 1. The smallest absolute Gasteiger partial charge is 0.331 e. The van der Waals surface area contributed by atoms with Gasteiger partial charge in [0, 0.05) is 0 Å². The zero-order valence-corrected chi connectivity index (χ0v) is 12.8. The molecule has 0 radical (unpaired) electrons. The number of hydrogen-bond donors (Lipinski definition) is 2. The Hall–Kier alpha value is -1.79. The van der Waals surface area contributed by atoms with Crippen molar-refractivity contribution < 1.29 is 24.2 Å². The summed E-state index contributed by atoms with van der Waals surface area (Å²) in [6.45, 7) is 1.46. The summed E-state index contributed by atoms with van der Waals surface area (Å²) in [5.41, 5.74) is 0.439. The van der Waals surface area contributed by atoms with Gasteiger partial charge in [-0.05, 0) is 24.6 Å². The number of amides is 1. The van der Waals surface area contributed by atoms with Crippen LogP contribution in [0.25, 0.3) is 0 Å². The molecule has 1 aromatic carbocycles. The Morgan fingerprint density at radius 2 is 1.81 bits per heavy atom. The number of halogens is 1. The number of aliphatic hydroxyl groups is 1. The zero-order valence-electron chi connectivity index (χ0n) is 12.0. The van der Waals surface area contributed by atoms with E-state index < -0.39 is 29.4 Å². The summed E-state index contributed by atoms with van der Waals surface area (Å²) in [4.78, 5) is 23.4. The fourth-order valence-electron chi connectivity index (χ4n) is 1.66. The van der Waals surface area contributed by atoms with Crippen LogP contribution in [0.15, 0.2) is 24.3 Å². The van der Waals surface area contributed by atoms with Gasteiger partial charge in [0.25, 0.3) is 0 Å². The molecule has 0 saturated carbocycles. The third kappa shape index (κ3) is 4.61. The molecular weight excluding hydrogens is 298 g/mol. The number of benzene rings is 1. The number of rotatable bonds is 6. The van der Waals surface area contributed by atoms with Crippen molar-refractivity contribution in [2.24, 2.45) is 0 Å². The molecule has 1 amide bonds. The van der Waals surface area contributed by atoms with Gasteiger partial charge in [-0.3, -0.25) is 4.79 Å². The summed E-state index contributed by atoms with van der Waals surface area (Å²) in [5, 5.41) is 11.8. The highest BCUT2D eigenvalue weighted by molar-refractivity contribution is 6.30. The maximum absolute atomic E-state index is 11.7. The van der Waals surface area contributed by atoms with Crippen molar-refractivity contribution >= 4 is 23.5 Å². The first-order valence-corrected chi connectivity index (χ1v) is 6.68. The molecule has 116 valence electrons. The molecule has 0 aromatic heterocycles. The molecule has 3 atom stereocenters. The molecule has 2 N–H and O–H groups in total. The van der Waals surface area contributed by atoms with Crippen LogP contribution in [-0.2, 0) is 14.3 Å². The van der Waals surface area contributed by atoms with E-state index in [9.17, 15) is 14.7 Å². The summed E-state index contributed by atoms with van der Waals surface area (Å²) in [6.07, 6.45) is -1.26. The van der Waals surface area contributed by atoms with Crippen LogP contribution in [0.4, 0.5) is 0 Å². The predicted octanol–water partition coefficient (Wildman–Crippen LogP) is 1.01. The number of nitrogens with one attached hydrogen (secondary N) is 1. The van der Waals surface area contributed by atoms with Crippen molar-refractivity contribution in [3.05, 3.63) is 29.8 Å². The van der Waals surface area contributed by atoms with Gasteiger partial charge in [0.15, 0.2) is 6.04 Å². The summed E-state index contributed by atoms with van der Waals surface area (Å²) in [7, 11) is 2.69. The molecule has 0 bridgehead atoms. The van der Waals surface area contributed by atoms with Crippen molar-refractivity contribution in [2.45, 2.75) is 24.4 Å². The quantitative estimate of drug-likeness (QED) is 0.604. The van der Waals surface area contributed by atoms with Crippen molar-refractivity contribution in [3.8, 4) is 5.75 Å². The Bertz CT molecular complexity index is 489. The van der Waals surface area contributed by atoms with Gasteiger partial charge in [0.05, 0.1) is 14.2 Å². The van der Waals surface area contributed by atoms with Gasteiger partial charge >= 0.3 is 5.97 Å². The average molecular weight is 316 g/mol. The molecule has 0 aliphatic heterocycles. The van der Waals surface area contributed by atoms with Crippen molar-refractivity contribution in [2.75, 3.05) is 14.2 Å². The second kappa shape index (κ2) is 7.85. The minimum absolute atomic E-state index is 0.439. The van der Waals surface area contributed by atoms with Crippen molar-refractivity contribution in [1.29, 1.82) is 0 Å². The van der Waals surface area contributed by atoms with E-state index in [1.807, 2.05) is 0 Å². The lowest BCUT2D eigenvalue weighted by Crippen LogP contribution is -2.47. The highest BCUT2D eigenvalue weighted by atomic mass is 35.5. The molecule has 6 nitrogen and oxygen atoms in total. The zero-order chi connectivity index (χ0) is 16.0. The minimum atomic E-state index is -1.26. The summed E-state index contributed by atoms with van der Waals surface area (Å²) in [6, 6.07) is 5.22. The Morgan fingerprint density at radius 1 is 1.24 bits per heavy atom. The molecule has 7 heteroatoms. The average Bonchev–Trinajstić information content (AvgIpc) is 2.50. The number of ether oxygens (including phenoxy) is 2. The monoisotopic (exact) mass is 315 g/mol. The van der Waals surface area contributed by atoms with E-state index in [4.69, 9.17) is 16.3 Å². The first-order chi connectivity index (χ1) is 9.90. The second-order valence-electron chi connectivity index (χ2n) is 4.34. The molecule has 3 unspecified atom stereocenters. The first kappa shape index (κ1) is 17.3. The van der Waals surface area contributed by atoms with E-state index >= 15 is 0 Å². The van der Waals surface area contributed by atoms with E-state index in [-0.39, 0.29) is 0 Å². The van der Waals surface area contributed by atoms with E-state index in [0.717, 1.165) is 0 Å². The molecular formula is C14H18ClNO5. The molecule has 21 heavy (non-hydrogen) atoms. The van der Waals surface area contributed by atoms with E-state index in [1.54, 1.807) is 24.3 Å². The van der Waals surface area contributed by atoms with Crippen LogP contribution in [0.1, 0.15) is 18.6 Å². The number of esters is 1. The Balaban J connectivity index is 2.95. The lowest BCUT2D eigenvalue weighted by molar-refractivity contribution is -0.148. The maximum Gasteiger partial charge on any atom is 0.331 e. The Labute approximate surface area is 128 Å². The van der Waals surface area contributed by atoms with Gasteiger partial charge in [0.1, 0.15) is 17.2 Å². The highest BCUT2D eigenvalue weighted by Crippen LogP contribution is 2.21. The van der Waals surface area contributed by atoms with E-state index in [0.29, 0.717) is 11.3 Å². The number of aliphatic hydroxyl groups excluding tert-OH is 1. The van der Waals surface area contributed by atoms with Crippen LogP contribution < -0.4 is 10.1 Å². The van der Waals surface area contributed by atoms with Gasteiger partial charge in [-0.2, -0.15) is 0 Å². The molecule has 0 aliphatic carbocycles. The third-order valence-corrected chi connectivity index (χ3v) is 3.09. The number of carbonyl (C=O) groups excluding carboxylic acids is 2. The van der Waals surface area contributed by atoms with Crippen LogP contribution in [0.2, 0.25) is 0 Å². The summed E-state index contributed by atoms with van der Waals surface area (Å²) < 4.78 is 9.61. The molecule has 1 aromatic rings. The molecule has 0 spiro atoms. The fourth-order valence-corrected chi connectivity index (χ4v) is 1.72. The summed E-state index contributed by atoms with van der Waals surface area (Å²) >= 11 is 5.65. The van der Waals surface area contributed by atoms with Crippen LogP contribution >= 0.6 is 11.6 Å². The van der Waals surface area contributed by atoms with Crippen LogP contribution in [0.3, 0.4) is 0 Å². The Kier molecular flexibility index (Phi) is 6.45. The minimum Gasteiger partial charge on any atom is -0.497 e. The fraction of sp³-hybridized carbons (Fsp3) is 0.429. The van der Waals surface area contributed by atoms with Gasteiger partial charge < -0.3 is 19.9 Å². The number of hydrogen-bond acceptors (Lipinski definition) is 5.